The molecule has 2 rings (SSSR count). The monoisotopic (exact) mass is 348 g/mol. The standard InChI is InChI=1S/C19H24S3/c1-4-20-19(21-5-2,22-6-3)18-14-12-17(13-15-18)16-10-8-7-9-11-16/h7-15H,4-6H2,1-3H3. The lowest BCUT2D eigenvalue weighted by atomic mass is 10.0. The van der Waals surface area contributed by atoms with Crippen LogP contribution in [0.2, 0.25) is 0 Å². The Hall–Kier alpha value is -0.510. The van der Waals surface area contributed by atoms with Crippen LogP contribution in [0.3, 0.4) is 0 Å². The van der Waals surface area contributed by atoms with Crippen LogP contribution in [-0.2, 0) is 3.41 Å². The number of hydrogen-bond donors (Lipinski definition) is 0. The highest BCUT2D eigenvalue weighted by Gasteiger charge is 2.32. The van der Waals surface area contributed by atoms with Crippen molar-refractivity contribution in [2.45, 2.75) is 24.2 Å². The molecule has 0 amide bonds. The van der Waals surface area contributed by atoms with Gasteiger partial charge in [0.05, 0.1) is 0 Å². The molecule has 0 heterocycles. The molecular formula is C19H24S3. The van der Waals surface area contributed by atoms with Crippen LogP contribution in [0, 0.1) is 0 Å². The molecular weight excluding hydrogens is 324 g/mol. The summed E-state index contributed by atoms with van der Waals surface area (Å²) in [6.45, 7) is 6.76. The number of benzene rings is 2. The zero-order chi connectivity index (χ0) is 15.8. The third kappa shape index (κ3) is 4.27. The summed E-state index contributed by atoms with van der Waals surface area (Å²) in [5.41, 5.74) is 4.01. The highest BCUT2D eigenvalue weighted by molar-refractivity contribution is 8.32. The third-order valence-electron chi connectivity index (χ3n) is 3.35. The van der Waals surface area contributed by atoms with E-state index in [1.807, 2.05) is 0 Å². The first-order valence-electron chi connectivity index (χ1n) is 7.83. The van der Waals surface area contributed by atoms with E-state index in [4.69, 9.17) is 0 Å². The van der Waals surface area contributed by atoms with E-state index in [1.54, 1.807) is 0 Å². The van der Waals surface area contributed by atoms with Gasteiger partial charge in [-0.3, -0.25) is 0 Å². The van der Waals surface area contributed by atoms with Crippen molar-refractivity contribution in [1.82, 2.24) is 0 Å². The van der Waals surface area contributed by atoms with Crippen LogP contribution in [0.1, 0.15) is 26.3 Å². The maximum Gasteiger partial charge on any atom is 0.132 e. The van der Waals surface area contributed by atoms with Crippen molar-refractivity contribution in [3.63, 3.8) is 0 Å². The normalized spacial score (nSPS) is 11.6. The first-order valence-corrected chi connectivity index (χ1v) is 10.8. The van der Waals surface area contributed by atoms with Crippen LogP contribution < -0.4 is 0 Å². The Bertz CT molecular complexity index is 532. The molecule has 118 valence electrons. The van der Waals surface area contributed by atoms with Gasteiger partial charge in [-0.1, -0.05) is 75.4 Å². The second kappa shape index (κ2) is 8.95. The Morgan fingerprint density at radius 1 is 0.636 bits per heavy atom. The molecule has 0 bridgehead atoms. The Morgan fingerprint density at radius 3 is 1.55 bits per heavy atom. The van der Waals surface area contributed by atoms with E-state index in [0.717, 1.165) is 17.3 Å². The Kier molecular flexibility index (Phi) is 7.26. The fourth-order valence-corrected chi connectivity index (χ4v) is 7.61. The molecule has 0 saturated heterocycles. The lowest BCUT2D eigenvalue weighted by Crippen LogP contribution is -2.14. The molecule has 0 spiro atoms. The molecule has 0 unspecified atom stereocenters. The van der Waals surface area contributed by atoms with E-state index in [-0.39, 0.29) is 3.41 Å². The van der Waals surface area contributed by atoms with Crippen LogP contribution in [0.15, 0.2) is 54.6 Å². The molecule has 2 aromatic carbocycles. The second-order valence-corrected chi connectivity index (χ2v) is 10.0. The fourth-order valence-electron chi connectivity index (χ4n) is 2.44. The van der Waals surface area contributed by atoms with Gasteiger partial charge >= 0.3 is 0 Å². The number of hydrogen-bond acceptors (Lipinski definition) is 3. The molecule has 0 fully saturated rings. The van der Waals surface area contributed by atoms with Gasteiger partial charge in [-0.15, -0.1) is 35.3 Å². The molecule has 3 heteroatoms. The molecule has 0 aliphatic rings. The second-order valence-electron chi connectivity index (χ2n) is 4.80. The van der Waals surface area contributed by atoms with Crippen molar-refractivity contribution in [2.75, 3.05) is 17.3 Å². The molecule has 0 saturated carbocycles. The van der Waals surface area contributed by atoms with Crippen molar-refractivity contribution in [1.29, 1.82) is 0 Å². The van der Waals surface area contributed by atoms with Crippen LogP contribution in [0.25, 0.3) is 11.1 Å². The van der Waals surface area contributed by atoms with Crippen molar-refractivity contribution >= 4 is 35.3 Å². The highest BCUT2D eigenvalue weighted by Crippen LogP contribution is 2.55. The van der Waals surface area contributed by atoms with Gasteiger partial charge in [0, 0.05) is 0 Å². The number of thioether (sulfide) groups is 3. The van der Waals surface area contributed by atoms with E-state index in [2.05, 4.69) is 111 Å². The average molecular weight is 349 g/mol. The first-order chi connectivity index (χ1) is 10.8. The highest BCUT2D eigenvalue weighted by atomic mass is 32.3. The van der Waals surface area contributed by atoms with Gasteiger partial charge in [0.15, 0.2) is 0 Å². The van der Waals surface area contributed by atoms with Crippen LogP contribution in [-0.4, -0.2) is 17.3 Å². The van der Waals surface area contributed by atoms with Crippen molar-refractivity contribution in [3.8, 4) is 11.1 Å². The minimum Gasteiger partial charge on any atom is -0.129 e. The quantitative estimate of drug-likeness (QED) is 0.486. The van der Waals surface area contributed by atoms with Crippen molar-refractivity contribution < 1.29 is 0 Å². The van der Waals surface area contributed by atoms with Crippen molar-refractivity contribution in [2.24, 2.45) is 0 Å². The van der Waals surface area contributed by atoms with E-state index < -0.39 is 0 Å². The summed E-state index contributed by atoms with van der Waals surface area (Å²) in [4.78, 5) is 0. The number of rotatable bonds is 8. The summed E-state index contributed by atoms with van der Waals surface area (Å²) in [6, 6.07) is 19.8. The van der Waals surface area contributed by atoms with Gasteiger partial charge in [-0.05, 0) is 33.9 Å². The molecule has 2 aromatic rings. The lowest BCUT2D eigenvalue weighted by molar-refractivity contribution is 1.26. The summed E-state index contributed by atoms with van der Waals surface area (Å²) in [5, 5.41) is 0. The molecule has 0 aliphatic carbocycles. The Balaban J connectivity index is 2.32. The largest absolute Gasteiger partial charge is 0.132 e. The van der Waals surface area contributed by atoms with Crippen LogP contribution >= 0.6 is 35.3 Å². The molecule has 0 nitrogen and oxygen atoms in total. The predicted molar refractivity (Wildman–Crippen MR) is 108 cm³/mol. The molecule has 0 N–H and O–H groups in total. The minimum absolute atomic E-state index is 0.132. The van der Waals surface area contributed by atoms with Gasteiger partial charge in [0.25, 0.3) is 0 Å². The average Bonchev–Trinajstić information content (AvgIpc) is 2.56. The predicted octanol–water partition coefficient (Wildman–Crippen LogP) is 6.72. The lowest BCUT2D eigenvalue weighted by Gasteiger charge is -2.32. The van der Waals surface area contributed by atoms with Gasteiger partial charge in [-0.2, -0.15) is 0 Å². The summed E-state index contributed by atoms with van der Waals surface area (Å²) >= 11 is 6.16. The molecule has 0 aromatic heterocycles. The third-order valence-corrected chi connectivity index (χ3v) is 8.18. The van der Waals surface area contributed by atoms with Crippen LogP contribution in [0.4, 0.5) is 0 Å². The summed E-state index contributed by atoms with van der Waals surface area (Å²) in [6.07, 6.45) is 0. The Labute approximate surface area is 147 Å². The van der Waals surface area contributed by atoms with Crippen molar-refractivity contribution in [3.05, 3.63) is 60.2 Å². The zero-order valence-corrected chi connectivity index (χ0v) is 16.0. The van der Waals surface area contributed by atoms with Gasteiger partial charge in [-0.25, -0.2) is 0 Å². The van der Waals surface area contributed by atoms with Gasteiger partial charge in [0.1, 0.15) is 3.41 Å². The smallest absolute Gasteiger partial charge is 0.129 e. The summed E-state index contributed by atoms with van der Waals surface area (Å²) in [5.74, 6) is 3.42. The zero-order valence-electron chi connectivity index (χ0n) is 13.5. The minimum atomic E-state index is 0.132. The van der Waals surface area contributed by atoms with Crippen LogP contribution in [0.5, 0.6) is 0 Å². The van der Waals surface area contributed by atoms with Gasteiger partial charge < -0.3 is 0 Å². The molecule has 22 heavy (non-hydrogen) atoms. The summed E-state index contributed by atoms with van der Waals surface area (Å²) in [7, 11) is 0. The van der Waals surface area contributed by atoms with E-state index in [0.29, 0.717) is 0 Å². The molecule has 0 atom stereocenters. The van der Waals surface area contributed by atoms with Gasteiger partial charge in [0.2, 0.25) is 0 Å². The van der Waals surface area contributed by atoms with E-state index in [9.17, 15) is 0 Å². The van der Waals surface area contributed by atoms with E-state index in [1.165, 1.54) is 16.7 Å². The van der Waals surface area contributed by atoms with E-state index >= 15 is 0 Å². The Morgan fingerprint density at radius 2 is 1.09 bits per heavy atom. The molecule has 0 aliphatic heterocycles. The first kappa shape index (κ1) is 17.8. The maximum absolute atomic E-state index is 2.32. The topological polar surface area (TPSA) is 0 Å². The SMILES string of the molecule is CCSC(SCC)(SCC)c1ccc(-c2ccccc2)cc1. The maximum atomic E-state index is 2.32. The molecule has 0 radical (unpaired) electrons. The summed E-state index contributed by atoms with van der Waals surface area (Å²) < 4.78 is 0.132. The fraction of sp³-hybridized carbons (Fsp3) is 0.368.